The molecule has 1 aliphatic rings. The zero-order valence-corrected chi connectivity index (χ0v) is 12.6. The fourth-order valence-electron chi connectivity index (χ4n) is 2.20. The molecule has 0 saturated heterocycles. The van der Waals surface area contributed by atoms with Gasteiger partial charge in [0.05, 0.1) is 17.8 Å². The maximum absolute atomic E-state index is 12.1. The van der Waals surface area contributed by atoms with E-state index < -0.39 is 11.7 Å². The molecule has 5 heteroatoms. The van der Waals surface area contributed by atoms with Crippen molar-refractivity contribution in [1.29, 1.82) is 0 Å². The zero-order valence-electron chi connectivity index (χ0n) is 10.3. The van der Waals surface area contributed by atoms with Gasteiger partial charge in [-0.05, 0) is 35.9 Å². The summed E-state index contributed by atoms with van der Waals surface area (Å²) < 4.78 is 0.966. The van der Waals surface area contributed by atoms with Crippen LogP contribution in [-0.2, 0) is 11.3 Å². The van der Waals surface area contributed by atoms with Crippen LogP contribution < -0.4 is 4.90 Å². The molecule has 100 valence electrons. The number of anilines is 1. The summed E-state index contributed by atoms with van der Waals surface area (Å²) in [6, 6.07) is 12.5. The first-order valence-corrected chi connectivity index (χ1v) is 7.13. The normalized spacial score (nSPS) is 13.8. The second-order valence-electron chi connectivity index (χ2n) is 4.51. The van der Waals surface area contributed by atoms with E-state index >= 15 is 0 Å². The molecule has 20 heavy (non-hydrogen) atoms. The largest absolute Gasteiger partial charge is 0.300 e. The lowest BCUT2D eigenvalue weighted by molar-refractivity contribution is -0.114. The molecular formula is C15H9BrClNO2. The van der Waals surface area contributed by atoms with Gasteiger partial charge in [0.1, 0.15) is 0 Å². The van der Waals surface area contributed by atoms with E-state index in [-0.39, 0.29) is 0 Å². The Morgan fingerprint density at radius 1 is 1.05 bits per heavy atom. The van der Waals surface area contributed by atoms with Gasteiger partial charge in [-0.25, -0.2) is 0 Å². The van der Waals surface area contributed by atoms with Gasteiger partial charge in [0.15, 0.2) is 0 Å². The monoisotopic (exact) mass is 349 g/mol. The van der Waals surface area contributed by atoms with E-state index in [0.717, 1.165) is 10.0 Å². The van der Waals surface area contributed by atoms with Crippen molar-refractivity contribution in [3.05, 3.63) is 63.1 Å². The maximum Gasteiger partial charge on any atom is 0.299 e. The summed E-state index contributed by atoms with van der Waals surface area (Å²) in [6.07, 6.45) is 0. The quantitative estimate of drug-likeness (QED) is 0.772. The Labute approximate surface area is 129 Å². The molecular weight excluding hydrogens is 342 g/mol. The van der Waals surface area contributed by atoms with E-state index in [1.807, 2.05) is 24.3 Å². The first-order chi connectivity index (χ1) is 9.56. The third-order valence-electron chi connectivity index (χ3n) is 3.19. The van der Waals surface area contributed by atoms with Crippen LogP contribution in [0.1, 0.15) is 15.9 Å². The van der Waals surface area contributed by atoms with Gasteiger partial charge in [-0.3, -0.25) is 9.59 Å². The molecule has 0 aromatic heterocycles. The SMILES string of the molecule is O=C1C(=O)N(Cc2ccc(Br)cc2)c2cc(Cl)ccc21. The summed E-state index contributed by atoms with van der Waals surface area (Å²) >= 11 is 9.32. The van der Waals surface area contributed by atoms with Crippen molar-refractivity contribution >= 4 is 44.9 Å². The van der Waals surface area contributed by atoms with Crippen molar-refractivity contribution in [2.75, 3.05) is 4.90 Å². The number of amides is 1. The lowest BCUT2D eigenvalue weighted by Gasteiger charge is -2.16. The number of fused-ring (bicyclic) bond motifs is 1. The van der Waals surface area contributed by atoms with Crippen LogP contribution in [0.4, 0.5) is 5.69 Å². The number of hydrogen-bond donors (Lipinski definition) is 0. The molecule has 1 aliphatic heterocycles. The molecule has 0 spiro atoms. The second kappa shape index (κ2) is 5.04. The fourth-order valence-corrected chi connectivity index (χ4v) is 2.63. The number of Topliss-reactive ketones (excluding diaryl/α,β-unsaturated/α-hetero) is 1. The average Bonchev–Trinajstić information content (AvgIpc) is 2.66. The number of carbonyl (C=O) groups excluding carboxylic acids is 2. The predicted molar refractivity (Wildman–Crippen MR) is 81.1 cm³/mol. The Bertz CT molecular complexity index is 712. The number of nitrogens with zero attached hydrogens (tertiary/aromatic N) is 1. The molecule has 3 nitrogen and oxygen atoms in total. The van der Waals surface area contributed by atoms with Crippen LogP contribution >= 0.6 is 27.5 Å². The number of ketones is 1. The highest BCUT2D eigenvalue weighted by atomic mass is 79.9. The first kappa shape index (κ1) is 13.3. The molecule has 0 aliphatic carbocycles. The smallest absolute Gasteiger partial charge is 0.299 e. The van der Waals surface area contributed by atoms with Gasteiger partial charge in [-0.1, -0.05) is 39.7 Å². The van der Waals surface area contributed by atoms with Crippen molar-refractivity contribution in [3.63, 3.8) is 0 Å². The van der Waals surface area contributed by atoms with Crippen molar-refractivity contribution in [2.24, 2.45) is 0 Å². The van der Waals surface area contributed by atoms with Crippen LogP contribution in [0.25, 0.3) is 0 Å². The van der Waals surface area contributed by atoms with Crippen LogP contribution in [0, 0.1) is 0 Å². The van der Waals surface area contributed by atoms with Crippen molar-refractivity contribution < 1.29 is 9.59 Å². The highest BCUT2D eigenvalue weighted by Gasteiger charge is 2.35. The van der Waals surface area contributed by atoms with Crippen molar-refractivity contribution in [3.8, 4) is 0 Å². The molecule has 0 radical (unpaired) electrons. The summed E-state index contributed by atoms with van der Waals surface area (Å²) in [7, 11) is 0. The number of benzene rings is 2. The van der Waals surface area contributed by atoms with Gasteiger partial charge in [-0.2, -0.15) is 0 Å². The van der Waals surface area contributed by atoms with Gasteiger partial charge in [-0.15, -0.1) is 0 Å². The van der Waals surface area contributed by atoms with Crippen LogP contribution in [0.2, 0.25) is 5.02 Å². The van der Waals surface area contributed by atoms with E-state index in [2.05, 4.69) is 15.9 Å². The number of carbonyl (C=O) groups is 2. The van der Waals surface area contributed by atoms with E-state index in [9.17, 15) is 9.59 Å². The molecule has 1 heterocycles. The van der Waals surface area contributed by atoms with Crippen molar-refractivity contribution in [2.45, 2.75) is 6.54 Å². The molecule has 0 unspecified atom stereocenters. The van der Waals surface area contributed by atoms with Gasteiger partial charge >= 0.3 is 0 Å². The van der Waals surface area contributed by atoms with E-state index in [1.165, 1.54) is 4.90 Å². The minimum atomic E-state index is -0.509. The molecule has 2 aromatic carbocycles. The van der Waals surface area contributed by atoms with E-state index in [0.29, 0.717) is 22.8 Å². The van der Waals surface area contributed by atoms with Crippen LogP contribution in [-0.4, -0.2) is 11.7 Å². The maximum atomic E-state index is 12.1. The number of hydrogen-bond acceptors (Lipinski definition) is 2. The molecule has 0 N–H and O–H groups in total. The third-order valence-corrected chi connectivity index (χ3v) is 3.95. The first-order valence-electron chi connectivity index (χ1n) is 5.96. The van der Waals surface area contributed by atoms with Gasteiger partial charge < -0.3 is 4.90 Å². The van der Waals surface area contributed by atoms with Crippen LogP contribution in [0.3, 0.4) is 0 Å². The molecule has 3 rings (SSSR count). The van der Waals surface area contributed by atoms with Gasteiger partial charge in [0.2, 0.25) is 0 Å². The highest BCUT2D eigenvalue weighted by molar-refractivity contribution is 9.10. The predicted octanol–water partition coefficient (Wildman–Crippen LogP) is 3.83. The Balaban J connectivity index is 1.98. The number of halogens is 2. The summed E-state index contributed by atoms with van der Waals surface area (Å²) in [5, 5.41) is 0.507. The lowest BCUT2D eigenvalue weighted by atomic mass is 10.1. The van der Waals surface area contributed by atoms with E-state index in [4.69, 9.17) is 11.6 Å². The molecule has 0 fully saturated rings. The Morgan fingerprint density at radius 2 is 1.75 bits per heavy atom. The summed E-state index contributed by atoms with van der Waals surface area (Å²) in [5.74, 6) is -0.987. The molecule has 2 aromatic rings. The Kier molecular flexibility index (Phi) is 3.36. The zero-order chi connectivity index (χ0) is 14.3. The minimum Gasteiger partial charge on any atom is -0.300 e. The Morgan fingerprint density at radius 3 is 2.45 bits per heavy atom. The van der Waals surface area contributed by atoms with Crippen LogP contribution in [0.5, 0.6) is 0 Å². The molecule has 0 atom stereocenters. The standard InChI is InChI=1S/C15H9BrClNO2/c16-10-3-1-9(2-4-10)8-18-13-7-11(17)5-6-12(13)14(19)15(18)20/h1-7H,8H2. The second-order valence-corrected chi connectivity index (χ2v) is 5.86. The van der Waals surface area contributed by atoms with Gasteiger partial charge in [0, 0.05) is 9.50 Å². The van der Waals surface area contributed by atoms with Crippen molar-refractivity contribution in [1.82, 2.24) is 0 Å². The topological polar surface area (TPSA) is 37.4 Å². The summed E-state index contributed by atoms with van der Waals surface area (Å²) in [4.78, 5) is 25.5. The highest BCUT2D eigenvalue weighted by Crippen LogP contribution is 2.32. The Hall–Kier alpha value is -1.65. The molecule has 0 bridgehead atoms. The minimum absolute atomic E-state index is 0.352. The molecule has 0 saturated carbocycles. The fraction of sp³-hybridized carbons (Fsp3) is 0.0667. The number of rotatable bonds is 2. The van der Waals surface area contributed by atoms with E-state index in [1.54, 1.807) is 18.2 Å². The lowest BCUT2D eigenvalue weighted by Crippen LogP contribution is -2.29. The molecule has 1 amide bonds. The third kappa shape index (κ3) is 2.25. The summed E-state index contributed by atoms with van der Waals surface area (Å²) in [5.41, 5.74) is 1.94. The summed E-state index contributed by atoms with van der Waals surface area (Å²) in [6.45, 7) is 0.352. The average molecular weight is 351 g/mol. The van der Waals surface area contributed by atoms with Crippen LogP contribution in [0.15, 0.2) is 46.9 Å². The van der Waals surface area contributed by atoms with Gasteiger partial charge in [0.25, 0.3) is 11.7 Å².